The molecule has 31 heavy (non-hydrogen) atoms. The second kappa shape index (κ2) is 11.7. The minimum Gasteiger partial charge on any atom is -0.376 e. The second-order valence-electron chi connectivity index (χ2n) is 7.99. The van der Waals surface area contributed by atoms with E-state index in [0.29, 0.717) is 29.3 Å². The molecule has 0 aliphatic carbocycles. The van der Waals surface area contributed by atoms with Gasteiger partial charge in [-0.15, -0.1) is 0 Å². The molecule has 2 rings (SSSR count). The zero-order chi connectivity index (χ0) is 22.8. The van der Waals surface area contributed by atoms with E-state index in [1.54, 1.807) is 48.5 Å². The predicted molar refractivity (Wildman–Crippen MR) is 125 cm³/mol. The lowest BCUT2D eigenvalue weighted by Crippen LogP contribution is -2.32. The van der Waals surface area contributed by atoms with Crippen molar-refractivity contribution in [3.63, 3.8) is 0 Å². The van der Waals surface area contributed by atoms with E-state index in [9.17, 15) is 14.4 Å². The summed E-state index contributed by atoms with van der Waals surface area (Å²) in [7, 11) is 0. The van der Waals surface area contributed by atoms with Crippen LogP contribution < -0.4 is 21.3 Å². The van der Waals surface area contributed by atoms with Crippen molar-refractivity contribution >= 4 is 34.8 Å². The first kappa shape index (κ1) is 23.9. The number of anilines is 3. The summed E-state index contributed by atoms with van der Waals surface area (Å²) in [5.74, 6) is -0.109. The summed E-state index contributed by atoms with van der Waals surface area (Å²) in [6.07, 6.45) is 1.32. The average Bonchev–Trinajstić information content (AvgIpc) is 2.72. The molecule has 0 bridgehead atoms. The number of benzene rings is 2. The number of hydrogen-bond acceptors (Lipinski definition) is 4. The van der Waals surface area contributed by atoms with Crippen LogP contribution in [0, 0.1) is 5.92 Å². The summed E-state index contributed by atoms with van der Waals surface area (Å²) < 4.78 is 0. The van der Waals surface area contributed by atoms with Crippen molar-refractivity contribution in [3.05, 3.63) is 54.1 Å². The molecule has 0 aliphatic heterocycles. The Morgan fingerprint density at radius 2 is 1.48 bits per heavy atom. The summed E-state index contributed by atoms with van der Waals surface area (Å²) in [6, 6.07) is 14.1. The van der Waals surface area contributed by atoms with Crippen molar-refractivity contribution in [1.82, 2.24) is 5.32 Å². The molecule has 166 valence electrons. The molecular weight excluding hydrogens is 392 g/mol. The van der Waals surface area contributed by atoms with E-state index < -0.39 is 0 Å². The van der Waals surface area contributed by atoms with Crippen LogP contribution in [0.15, 0.2) is 48.5 Å². The SMILES string of the molecule is CCC(C)NC(=O)c1cccc(NC(=O)CNc2ccc(NC(=O)CC(C)C)cc2)c1. The van der Waals surface area contributed by atoms with E-state index in [0.717, 1.165) is 12.1 Å². The smallest absolute Gasteiger partial charge is 0.251 e. The first-order valence-corrected chi connectivity index (χ1v) is 10.6. The standard InChI is InChI=1S/C24H32N4O3/c1-5-17(4)26-24(31)18-7-6-8-21(14-18)28-23(30)15-25-19-9-11-20(12-10-19)27-22(29)13-16(2)3/h6-12,14,16-17,25H,5,13,15H2,1-4H3,(H,26,31)(H,27,29)(H,28,30). The molecule has 0 aliphatic rings. The van der Waals surface area contributed by atoms with Gasteiger partial charge in [-0.2, -0.15) is 0 Å². The zero-order valence-corrected chi connectivity index (χ0v) is 18.6. The van der Waals surface area contributed by atoms with Crippen molar-refractivity contribution in [2.75, 3.05) is 22.5 Å². The van der Waals surface area contributed by atoms with Crippen LogP contribution in [0.4, 0.5) is 17.1 Å². The monoisotopic (exact) mass is 424 g/mol. The van der Waals surface area contributed by atoms with E-state index in [4.69, 9.17) is 0 Å². The predicted octanol–water partition coefficient (Wildman–Crippen LogP) is 4.25. The third-order valence-electron chi connectivity index (χ3n) is 4.61. The maximum Gasteiger partial charge on any atom is 0.251 e. The van der Waals surface area contributed by atoms with Gasteiger partial charge in [-0.3, -0.25) is 14.4 Å². The zero-order valence-electron chi connectivity index (χ0n) is 18.6. The normalized spacial score (nSPS) is 11.5. The number of rotatable bonds is 10. The quantitative estimate of drug-likeness (QED) is 0.458. The highest BCUT2D eigenvalue weighted by Gasteiger charge is 2.10. The van der Waals surface area contributed by atoms with Crippen LogP contribution in [0.25, 0.3) is 0 Å². The highest BCUT2D eigenvalue weighted by molar-refractivity contribution is 5.98. The van der Waals surface area contributed by atoms with Crippen LogP contribution >= 0.6 is 0 Å². The van der Waals surface area contributed by atoms with Crippen molar-refractivity contribution in [2.45, 2.75) is 46.6 Å². The van der Waals surface area contributed by atoms with Gasteiger partial charge in [-0.1, -0.05) is 26.8 Å². The molecular formula is C24H32N4O3. The van der Waals surface area contributed by atoms with Crippen molar-refractivity contribution < 1.29 is 14.4 Å². The fourth-order valence-electron chi connectivity index (χ4n) is 2.79. The Bertz CT molecular complexity index is 894. The topological polar surface area (TPSA) is 99.3 Å². The van der Waals surface area contributed by atoms with E-state index >= 15 is 0 Å². The fraction of sp³-hybridized carbons (Fsp3) is 0.375. The van der Waals surface area contributed by atoms with Crippen LogP contribution in [0.3, 0.4) is 0 Å². The van der Waals surface area contributed by atoms with E-state index in [2.05, 4.69) is 21.3 Å². The summed E-state index contributed by atoms with van der Waals surface area (Å²) >= 11 is 0. The summed E-state index contributed by atoms with van der Waals surface area (Å²) in [5, 5.41) is 11.6. The lowest BCUT2D eigenvalue weighted by Gasteiger charge is -2.13. The van der Waals surface area contributed by atoms with E-state index in [1.807, 2.05) is 27.7 Å². The molecule has 3 amide bonds. The Hall–Kier alpha value is -3.35. The molecule has 0 radical (unpaired) electrons. The summed E-state index contributed by atoms with van der Waals surface area (Å²) in [4.78, 5) is 36.3. The number of carbonyl (C=O) groups excluding carboxylic acids is 3. The number of hydrogen-bond donors (Lipinski definition) is 4. The molecule has 0 spiro atoms. The Balaban J connectivity index is 1.85. The molecule has 0 aromatic heterocycles. The van der Waals surface area contributed by atoms with Crippen LogP contribution in [0.5, 0.6) is 0 Å². The van der Waals surface area contributed by atoms with E-state index in [1.165, 1.54) is 0 Å². The van der Waals surface area contributed by atoms with Crippen molar-refractivity contribution in [1.29, 1.82) is 0 Å². The molecule has 0 saturated carbocycles. The third-order valence-corrected chi connectivity index (χ3v) is 4.61. The number of carbonyl (C=O) groups is 3. The highest BCUT2D eigenvalue weighted by atomic mass is 16.2. The minimum atomic E-state index is -0.228. The van der Waals surface area contributed by atoms with Gasteiger partial charge in [0, 0.05) is 35.1 Å². The van der Waals surface area contributed by atoms with Gasteiger partial charge in [-0.05, 0) is 61.7 Å². The number of amides is 3. The molecule has 0 fully saturated rings. The van der Waals surface area contributed by atoms with Gasteiger partial charge in [0.05, 0.1) is 6.54 Å². The van der Waals surface area contributed by atoms with Crippen molar-refractivity contribution in [3.8, 4) is 0 Å². The molecule has 7 nitrogen and oxygen atoms in total. The van der Waals surface area contributed by atoms with E-state index in [-0.39, 0.29) is 30.3 Å². The van der Waals surface area contributed by atoms with Gasteiger partial charge in [-0.25, -0.2) is 0 Å². The van der Waals surface area contributed by atoms with Crippen LogP contribution in [-0.2, 0) is 9.59 Å². The Morgan fingerprint density at radius 3 is 2.13 bits per heavy atom. The molecule has 2 aromatic carbocycles. The first-order valence-electron chi connectivity index (χ1n) is 10.6. The van der Waals surface area contributed by atoms with Gasteiger partial charge in [0.25, 0.3) is 5.91 Å². The molecule has 0 saturated heterocycles. The van der Waals surface area contributed by atoms with Gasteiger partial charge < -0.3 is 21.3 Å². The van der Waals surface area contributed by atoms with Crippen molar-refractivity contribution in [2.24, 2.45) is 5.92 Å². The van der Waals surface area contributed by atoms with Gasteiger partial charge in [0.2, 0.25) is 11.8 Å². The first-order chi connectivity index (χ1) is 14.8. The van der Waals surface area contributed by atoms with Crippen LogP contribution in [0.1, 0.15) is 50.9 Å². The molecule has 0 heterocycles. The fourth-order valence-corrected chi connectivity index (χ4v) is 2.79. The Kier molecular flexibility index (Phi) is 9.06. The van der Waals surface area contributed by atoms with Crippen LogP contribution in [0.2, 0.25) is 0 Å². The van der Waals surface area contributed by atoms with Gasteiger partial charge in [0.15, 0.2) is 0 Å². The maximum absolute atomic E-state index is 12.3. The third kappa shape index (κ3) is 8.50. The number of nitrogens with one attached hydrogen (secondary N) is 4. The Morgan fingerprint density at radius 1 is 0.839 bits per heavy atom. The second-order valence-corrected chi connectivity index (χ2v) is 7.99. The maximum atomic E-state index is 12.3. The summed E-state index contributed by atoms with van der Waals surface area (Å²) in [6.45, 7) is 8.01. The molecule has 1 atom stereocenters. The average molecular weight is 425 g/mol. The van der Waals surface area contributed by atoms with Gasteiger partial charge >= 0.3 is 0 Å². The molecule has 2 aromatic rings. The highest BCUT2D eigenvalue weighted by Crippen LogP contribution is 2.15. The molecule has 1 unspecified atom stereocenters. The van der Waals surface area contributed by atoms with Crippen LogP contribution in [-0.4, -0.2) is 30.3 Å². The molecule has 4 N–H and O–H groups in total. The molecule has 7 heteroatoms. The largest absolute Gasteiger partial charge is 0.376 e. The van der Waals surface area contributed by atoms with Gasteiger partial charge in [0.1, 0.15) is 0 Å². The minimum absolute atomic E-state index is 0.0184. The summed E-state index contributed by atoms with van der Waals surface area (Å²) in [5.41, 5.74) is 2.54. The Labute approximate surface area is 184 Å². The lowest BCUT2D eigenvalue weighted by atomic mass is 10.1. The lowest BCUT2D eigenvalue weighted by molar-refractivity contribution is -0.117.